The van der Waals surface area contributed by atoms with Crippen molar-refractivity contribution in [2.45, 2.75) is 18.8 Å². The number of hydrogen-bond donors (Lipinski definition) is 0. The van der Waals surface area contributed by atoms with E-state index < -0.39 is 0 Å². The maximum absolute atomic E-state index is 11.4. The van der Waals surface area contributed by atoms with E-state index in [0.717, 1.165) is 12.1 Å². The van der Waals surface area contributed by atoms with Gasteiger partial charge >= 0.3 is 0 Å². The van der Waals surface area contributed by atoms with Crippen LogP contribution in [0.25, 0.3) is 0 Å². The number of nitrogens with zero attached hydrogens (tertiary/aromatic N) is 1. The van der Waals surface area contributed by atoms with E-state index in [1.54, 1.807) is 10.8 Å². The second kappa shape index (κ2) is 3.72. The predicted molar refractivity (Wildman–Crippen MR) is 49.0 cm³/mol. The summed E-state index contributed by atoms with van der Waals surface area (Å²) in [7, 11) is 0. The topological polar surface area (TPSA) is 22.0 Å². The Morgan fingerprint density at radius 2 is 2.36 bits per heavy atom. The quantitative estimate of drug-likeness (QED) is 0.690. The molecule has 0 saturated heterocycles. The van der Waals surface area contributed by atoms with Crippen LogP contribution in [0.4, 0.5) is 0 Å². The van der Waals surface area contributed by atoms with E-state index in [9.17, 15) is 4.79 Å². The molecule has 0 atom stereocenters. The minimum Gasteiger partial charge on any atom is -0.316 e. The fourth-order valence-corrected chi connectivity index (χ4v) is 1.36. The summed E-state index contributed by atoms with van der Waals surface area (Å²) in [5.74, 6) is 0. The van der Waals surface area contributed by atoms with Crippen molar-refractivity contribution in [2.24, 2.45) is 0 Å². The summed E-state index contributed by atoms with van der Waals surface area (Å²) in [5, 5.41) is 0.632. The molecule has 0 saturated carbocycles. The second-order valence-electron chi connectivity index (χ2n) is 2.26. The average molecular weight is 216 g/mol. The Morgan fingerprint density at radius 3 is 2.91 bits per heavy atom. The van der Waals surface area contributed by atoms with E-state index in [4.69, 9.17) is 0 Å². The summed E-state index contributed by atoms with van der Waals surface area (Å²) in [6.45, 7) is 2.69. The fraction of sp³-hybridized carbons (Fsp3) is 0.375. The normalized spacial score (nSPS) is 10.0. The lowest BCUT2D eigenvalue weighted by atomic mass is 10.3. The van der Waals surface area contributed by atoms with Gasteiger partial charge in [0.05, 0.1) is 0 Å². The van der Waals surface area contributed by atoms with Crippen molar-refractivity contribution >= 4 is 15.9 Å². The summed E-state index contributed by atoms with van der Waals surface area (Å²) in [6, 6.07) is 3.73. The molecule has 0 fully saturated rings. The van der Waals surface area contributed by atoms with Gasteiger partial charge in [-0.15, -0.1) is 0 Å². The van der Waals surface area contributed by atoms with Crippen LogP contribution in [0.5, 0.6) is 0 Å². The SMILES string of the molecule is CCn1cccc(CBr)c1=O. The van der Waals surface area contributed by atoms with Gasteiger partial charge in [0.2, 0.25) is 0 Å². The van der Waals surface area contributed by atoms with Gasteiger partial charge in [0.25, 0.3) is 5.56 Å². The molecule has 1 aromatic rings. The lowest BCUT2D eigenvalue weighted by Gasteiger charge is -2.01. The molecule has 60 valence electrons. The van der Waals surface area contributed by atoms with Gasteiger partial charge in [-0.2, -0.15) is 0 Å². The zero-order chi connectivity index (χ0) is 8.27. The van der Waals surface area contributed by atoms with E-state index in [2.05, 4.69) is 15.9 Å². The molecule has 1 aromatic heterocycles. The highest BCUT2D eigenvalue weighted by atomic mass is 79.9. The second-order valence-corrected chi connectivity index (χ2v) is 2.82. The maximum Gasteiger partial charge on any atom is 0.254 e. The first kappa shape index (κ1) is 8.53. The van der Waals surface area contributed by atoms with Crippen molar-refractivity contribution in [3.8, 4) is 0 Å². The minimum absolute atomic E-state index is 0.104. The van der Waals surface area contributed by atoms with Crippen molar-refractivity contribution in [3.63, 3.8) is 0 Å². The highest BCUT2D eigenvalue weighted by molar-refractivity contribution is 9.08. The smallest absolute Gasteiger partial charge is 0.254 e. The van der Waals surface area contributed by atoms with E-state index >= 15 is 0 Å². The molecule has 0 aromatic carbocycles. The number of pyridine rings is 1. The van der Waals surface area contributed by atoms with Gasteiger partial charge in [0.1, 0.15) is 0 Å². The molecule has 0 aliphatic carbocycles. The molecular formula is C8H10BrNO. The first-order valence-corrected chi connectivity index (χ1v) is 4.66. The van der Waals surface area contributed by atoms with Gasteiger partial charge < -0.3 is 4.57 Å². The van der Waals surface area contributed by atoms with Gasteiger partial charge in [-0.1, -0.05) is 22.0 Å². The van der Waals surface area contributed by atoms with Crippen molar-refractivity contribution < 1.29 is 0 Å². The number of rotatable bonds is 2. The summed E-state index contributed by atoms with van der Waals surface area (Å²) >= 11 is 3.26. The monoisotopic (exact) mass is 215 g/mol. The molecule has 0 N–H and O–H groups in total. The molecule has 0 aliphatic rings. The van der Waals surface area contributed by atoms with Crippen LogP contribution in [0.3, 0.4) is 0 Å². The van der Waals surface area contributed by atoms with Crippen molar-refractivity contribution in [1.29, 1.82) is 0 Å². The van der Waals surface area contributed by atoms with E-state index in [-0.39, 0.29) is 5.56 Å². The van der Waals surface area contributed by atoms with Gasteiger partial charge in [-0.05, 0) is 13.0 Å². The number of hydrogen-bond acceptors (Lipinski definition) is 1. The number of halogens is 1. The highest BCUT2D eigenvalue weighted by Crippen LogP contribution is 1.97. The summed E-state index contributed by atoms with van der Waals surface area (Å²) in [6.07, 6.45) is 1.80. The first-order valence-electron chi connectivity index (χ1n) is 3.54. The Morgan fingerprint density at radius 1 is 1.64 bits per heavy atom. The first-order chi connectivity index (χ1) is 5.29. The highest BCUT2D eigenvalue weighted by Gasteiger charge is 1.97. The van der Waals surface area contributed by atoms with Crippen LogP contribution in [0.15, 0.2) is 23.1 Å². The predicted octanol–water partition coefficient (Wildman–Crippen LogP) is 1.76. The van der Waals surface area contributed by atoms with E-state index in [0.29, 0.717) is 5.33 Å². The molecular weight excluding hydrogens is 206 g/mol. The van der Waals surface area contributed by atoms with Crippen LogP contribution in [-0.2, 0) is 11.9 Å². The largest absolute Gasteiger partial charge is 0.316 e. The summed E-state index contributed by atoms with van der Waals surface area (Å²) < 4.78 is 1.69. The number of aryl methyl sites for hydroxylation is 1. The third kappa shape index (κ3) is 1.71. The van der Waals surface area contributed by atoms with E-state index in [1.807, 2.05) is 19.1 Å². The average Bonchev–Trinajstić information content (AvgIpc) is 2.05. The van der Waals surface area contributed by atoms with Crippen LogP contribution in [0.2, 0.25) is 0 Å². The van der Waals surface area contributed by atoms with Crippen LogP contribution in [0, 0.1) is 0 Å². The van der Waals surface area contributed by atoms with Crippen LogP contribution in [0.1, 0.15) is 12.5 Å². The van der Waals surface area contributed by atoms with E-state index in [1.165, 1.54) is 0 Å². The fourth-order valence-electron chi connectivity index (χ4n) is 0.937. The maximum atomic E-state index is 11.4. The lowest BCUT2D eigenvalue weighted by molar-refractivity contribution is 0.720. The zero-order valence-corrected chi connectivity index (χ0v) is 7.97. The minimum atomic E-state index is 0.104. The molecule has 1 heterocycles. The third-order valence-corrected chi connectivity index (χ3v) is 2.19. The zero-order valence-electron chi connectivity index (χ0n) is 6.38. The molecule has 3 heteroatoms. The Hall–Kier alpha value is -0.570. The molecule has 11 heavy (non-hydrogen) atoms. The van der Waals surface area contributed by atoms with Crippen LogP contribution < -0.4 is 5.56 Å². The molecule has 0 aliphatic heterocycles. The standard InChI is InChI=1S/C8H10BrNO/c1-2-10-5-3-4-7(6-9)8(10)11/h3-5H,2,6H2,1H3. The van der Waals surface area contributed by atoms with Crippen molar-refractivity contribution in [3.05, 3.63) is 34.2 Å². The van der Waals surface area contributed by atoms with Crippen molar-refractivity contribution in [1.82, 2.24) is 4.57 Å². The molecule has 0 unspecified atom stereocenters. The molecule has 1 rings (SSSR count). The van der Waals surface area contributed by atoms with Crippen LogP contribution in [-0.4, -0.2) is 4.57 Å². The van der Waals surface area contributed by atoms with Gasteiger partial charge in [-0.3, -0.25) is 4.79 Å². The van der Waals surface area contributed by atoms with Gasteiger partial charge in [0.15, 0.2) is 0 Å². The summed E-state index contributed by atoms with van der Waals surface area (Å²) in [5.41, 5.74) is 0.918. The van der Waals surface area contributed by atoms with Gasteiger partial charge in [0, 0.05) is 23.6 Å². The Balaban J connectivity index is 3.21. The van der Waals surface area contributed by atoms with Gasteiger partial charge in [-0.25, -0.2) is 0 Å². The molecule has 0 radical (unpaired) electrons. The molecule has 0 amide bonds. The Kier molecular flexibility index (Phi) is 2.88. The Bertz CT molecular complexity index is 267. The summed E-state index contributed by atoms with van der Waals surface area (Å²) in [4.78, 5) is 11.4. The molecule has 0 spiro atoms. The third-order valence-electron chi connectivity index (χ3n) is 1.58. The number of alkyl halides is 1. The molecule has 0 bridgehead atoms. The van der Waals surface area contributed by atoms with Crippen LogP contribution >= 0.6 is 15.9 Å². The van der Waals surface area contributed by atoms with Crippen molar-refractivity contribution in [2.75, 3.05) is 0 Å². The number of aromatic nitrogens is 1. The Labute approximate surface area is 74.0 Å². The lowest BCUT2D eigenvalue weighted by Crippen LogP contribution is -2.21. The molecule has 2 nitrogen and oxygen atoms in total.